The van der Waals surface area contributed by atoms with Gasteiger partial charge in [0.25, 0.3) is 0 Å². The third kappa shape index (κ3) is 2.13. The molecule has 0 fully saturated rings. The maximum absolute atomic E-state index is 11.9. The van der Waals surface area contributed by atoms with Crippen LogP contribution in [0.5, 0.6) is 0 Å². The van der Waals surface area contributed by atoms with Crippen molar-refractivity contribution in [2.45, 2.75) is 5.92 Å². The predicted molar refractivity (Wildman–Crippen MR) is 27.7 cm³/mol. The molecule has 9 heavy (non-hydrogen) atoms. The second-order valence-electron chi connectivity index (χ2n) is 1.33. The van der Waals surface area contributed by atoms with Crippen LogP contribution in [0.2, 0.25) is 0 Å². The van der Waals surface area contributed by atoms with E-state index in [1.165, 1.54) is 0 Å². The molecule has 0 aliphatic rings. The molecule has 0 aliphatic heterocycles. The Bertz CT molecular complexity index is 115. The van der Waals surface area contributed by atoms with Gasteiger partial charge in [0.15, 0.2) is 0 Å². The molecule has 54 valence electrons. The van der Waals surface area contributed by atoms with Crippen LogP contribution in [0, 0.1) is 0 Å². The van der Waals surface area contributed by atoms with Crippen molar-refractivity contribution in [2.75, 3.05) is 13.0 Å². The van der Waals surface area contributed by atoms with Gasteiger partial charge in [0.05, 0.1) is 13.0 Å². The van der Waals surface area contributed by atoms with Gasteiger partial charge < -0.3 is 4.74 Å². The zero-order chi connectivity index (χ0) is 7.49. The van der Waals surface area contributed by atoms with E-state index in [1.807, 2.05) is 0 Å². The summed E-state index contributed by atoms with van der Waals surface area (Å²) in [7, 11) is 0.878. The van der Waals surface area contributed by atoms with Gasteiger partial charge in [-0.3, -0.25) is 0 Å². The third-order valence-electron chi connectivity index (χ3n) is 0.652. The molecule has 0 N–H and O–H groups in total. The lowest BCUT2D eigenvalue weighted by atomic mass is 10.4. The lowest BCUT2D eigenvalue weighted by Gasteiger charge is -2.07. The van der Waals surface area contributed by atoms with Crippen molar-refractivity contribution in [3.8, 4) is 0 Å². The average molecular weight is 159 g/mol. The molecule has 0 heterocycles. The highest BCUT2D eigenvalue weighted by atomic mass is 35.5. The highest BCUT2D eigenvalue weighted by molar-refractivity contribution is 6.20. The quantitative estimate of drug-likeness (QED) is 0.443. The van der Waals surface area contributed by atoms with Crippen molar-refractivity contribution in [3.05, 3.63) is 0 Å². The van der Waals surface area contributed by atoms with E-state index in [1.54, 1.807) is 0 Å². The number of halogens is 3. The number of esters is 1. The van der Waals surface area contributed by atoms with Crippen molar-refractivity contribution < 1.29 is 18.3 Å². The lowest BCUT2D eigenvalue weighted by Crippen LogP contribution is -2.31. The minimum Gasteiger partial charge on any atom is -0.465 e. The molecule has 0 aromatic rings. The number of hydrogen-bond acceptors (Lipinski definition) is 2. The van der Waals surface area contributed by atoms with Crippen LogP contribution in [0.3, 0.4) is 0 Å². The second-order valence-corrected chi connectivity index (χ2v) is 1.60. The second kappa shape index (κ2) is 2.96. The zero-order valence-electron chi connectivity index (χ0n) is 4.66. The Hall–Kier alpha value is -0.380. The average Bonchev–Trinajstić information content (AvgIpc) is 1.86. The number of carbonyl (C=O) groups excluding carboxylic acids is 1. The Kier molecular flexibility index (Phi) is 2.84. The Morgan fingerprint density at radius 1 is 1.78 bits per heavy atom. The van der Waals surface area contributed by atoms with Gasteiger partial charge in [0.1, 0.15) is 0 Å². The molecule has 0 unspecified atom stereocenters. The Morgan fingerprint density at radius 2 is 2.22 bits per heavy atom. The molecule has 0 aromatic carbocycles. The summed E-state index contributed by atoms with van der Waals surface area (Å²) >= 11 is 4.72. The molecule has 0 aliphatic carbocycles. The zero-order valence-corrected chi connectivity index (χ0v) is 5.41. The first-order valence-corrected chi connectivity index (χ1v) is 2.60. The molecule has 5 heteroatoms. The maximum atomic E-state index is 11.9. The van der Waals surface area contributed by atoms with Crippen LogP contribution in [-0.4, -0.2) is 24.9 Å². The molecular weight excluding hydrogens is 153 g/mol. The maximum Gasteiger partial charge on any atom is 0.378 e. The van der Waals surface area contributed by atoms with Crippen LogP contribution in [0.1, 0.15) is 0 Å². The van der Waals surface area contributed by atoms with Crippen LogP contribution in [0.4, 0.5) is 8.78 Å². The Balaban J connectivity index is 3.97. The molecular formula is C4H5ClF2O2. The number of carbonyl (C=O) groups is 1. The summed E-state index contributed by atoms with van der Waals surface area (Å²) in [4.78, 5) is 10.0. The van der Waals surface area contributed by atoms with E-state index in [-0.39, 0.29) is 0 Å². The molecule has 0 radical (unpaired) electrons. The molecule has 2 nitrogen and oxygen atoms in total. The number of methoxy groups -OCH3 is 1. The van der Waals surface area contributed by atoms with Crippen LogP contribution < -0.4 is 0 Å². The number of rotatable bonds is 2. The fraction of sp³-hybridized carbons (Fsp3) is 0.750. The van der Waals surface area contributed by atoms with Crippen LogP contribution in [0.25, 0.3) is 0 Å². The van der Waals surface area contributed by atoms with Crippen molar-refractivity contribution in [3.63, 3.8) is 0 Å². The number of alkyl halides is 3. The summed E-state index contributed by atoms with van der Waals surface area (Å²) in [5.41, 5.74) is 0. The molecule has 0 saturated carbocycles. The van der Waals surface area contributed by atoms with Gasteiger partial charge in [-0.15, -0.1) is 11.6 Å². The summed E-state index contributed by atoms with van der Waals surface area (Å²) in [5.74, 6) is -6.19. The first kappa shape index (κ1) is 8.62. The summed E-state index contributed by atoms with van der Waals surface area (Å²) in [6.45, 7) is 0. The molecule has 0 spiro atoms. The number of hydrogen-bond donors (Lipinski definition) is 0. The van der Waals surface area contributed by atoms with Crippen molar-refractivity contribution in [1.82, 2.24) is 0 Å². The third-order valence-corrected chi connectivity index (χ3v) is 0.988. The van der Waals surface area contributed by atoms with E-state index in [2.05, 4.69) is 4.74 Å². The highest BCUT2D eigenvalue weighted by Crippen LogP contribution is 2.16. The van der Waals surface area contributed by atoms with Crippen LogP contribution in [-0.2, 0) is 9.53 Å². The van der Waals surface area contributed by atoms with E-state index in [0.29, 0.717) is 0 Å². The first-order valence-electron chi connectivity index (χ1n) is 2.07. The predicted octanol–water partition coefficient (Wildman–Crippen LogP) is 1.03. The Morgan fingerprint density at radius 3 is 2.33 bits per heavy atom. The smallest absolute Gasteiger partial charge is 0.378 e. The SMILES string of the molecule is COC(=O)C(F)(F)CCl. The van der Waals surface area contributed by atoms with Gasteiger partial charge in [0, 0.05) is 0 Å². The minimum absolute atomic E-state index is 0.878. The van der Waals surface area contributed by atoms with Gasteiger partial charge in [-0.2, -0.15) is 8.78 Å². The standard InChI is InChI=1S/C4H5ClF2O2/c1-9-3(8)4(6,7)2-5/h2H2,1H3. The van der Waals surface area contributed by atoms with E-state index in [4.69, 9.17) is 11.6 Å². The summed E-state index contributed by atoms with van der Waals surface area (Å²) < 4.78 is 27.6. The molecule has 0 aromatic heterocycles. The topological polar surface area (TPSA) is 26.3 Å². The molecule has 0 saturated heterocycles. The van der Waals surface area contributed by atoms with Crippen LogP contribution in [0.15, 0.2) is 0 Å². The lowest BCUT2D eigenvalue weighted by molar-refractivity contribution is -0.165. The van der Waals surface area contributed by atoms with Gasteiger partial charge in [-0.05, 0) is 0 Å². The molecule has 0 bridgehead atoms. The normalized spacial score (nSPS) is 11.1. The van der Waals surface area contributed by atoms with Gasteiger partial charge in [-0.1, -0.05) is 0 Å². The van der Waals surface area contributed by atoms with Crippen molar-refractivity contribution >= 4 is 17.6 Å². The van der Waals surface area contributed by atoms with Crippen molar-refractivity contribution in [1.29, 1.82) is 0 Å². The molecule has 0 rings (SSSR count). The fourth-order valence-electron chi connectivity index (χ4n) is 0.204. The van der Waals surface area contributed by atoms with Crippen LogP contribution >= 0.6 is 11.6 Å². The Labute approximate surface area is 55.7 Å². The molecule has 0 amide bonds. The molecule has 0 atom stereocenters. The van der Waals surface area contributed by atoms with E-state index in [0.717, 1.165) is 7.11 Å². The number of ether oxygens (including phenoxy) is 1. The summed E-state index contributed by atoms with van der Waals surface area (Å²) in [6.07, 6.45) is 0. The summed E-state index contributed by atoms with van der Waals surface area (Å²) in [5, 5.41) is 0. The highest BCUT2D eigenvalue weighted by Gasteiger charge is 2.38. The van der Waals surface area contributed by atoms with Gasteiger partial charge in [-0.25, -0.2) is 4.79 Å². The van der Waals surface area contributed by atoms with E-state index >= 15 is 0 Å². The monoisotopic (exact) mass is 158 g/mol. The largest absolute Gasteiger partial charge is 0.465 e. The fourth-order valence-corrected chi connectivity index (χ4v) is 0.313. The summed E-state index contributed by atoms with van der Waals surface area (Å²) in [6, 6.07) is 0. The first-order chi connectivity index (χ1) is 4.04. The van der Waals surface area contributed by atoms with Crippen molar-refractivity contribution in [2.24, 2.45) is 0 Å². The van der Waals surface area contributed by atoms with E-state index < -0.39 is 17.8 Å². The minimum atomic E-state index is -3.55. The van der Waals surface area contributed by atoms with E-state index in [9.17, 15) is 13.6 Å². The van der Waals surface area contributed by atoms with Gasteiger partial charge in [0.2, 0.25) is 0 Å². The van der Waals surface area contributed by atoms with Gasteiger partial charge >= 0.3 is 11.9 Å².